The average Bonchev–Trinajstić information content (AvgIpc) is 3.23. The molecule has 1 saturated carbocycles. The summed E-state index contributed by atoms with van der Waals surface area (Å²) in [6.07, 6.45) is 9.46. The highest BCUT2D eigenvalue weighted by atomic mass is 32.1. The fraction of sp³-hybridized carbons (Fsp3) is 0.812. The Balaban J connectivity index is 1.47. The zero-order valence-corrected chi connectivity index (χ0v) is 13.5. The van der Waals surface area contributed by atoms with Crippen LogP contribution in [0.15, 0.2) is 0 Å². The highest BCUT2D eigenvalue weighted by Crippen LogP contribution is 2.23. The maximum absolute atomic E-state index is 4.77. The van der Waals surface area contributed by atoms with Crippen LogP contribution in [0, 0.1) is 6.92 Å². The van der Waals surface area contributed by atoms with Gasteiger partial charge in [-0.1, -0.05) is 12.8 Å². The quantitative estimate of drug-likeness (QED) is 0.873. The molecule has 3 rings (SSSR count). The minimum Gasteiger partial charge on any atom is -0.309 e. The van der Waals surface area contributed by atoms with Gasteiger partial charge in [-0.05, 0) is 45.7 Å². The molecular formula is C16H27N3S. The molecule has 4 heteroatoms. The van der Waals surface area contributed by atoms with Gasteiger partial charge in [0.25, 0.3) is 0 Å². The number of hydrogen-bond acceptors (Lipinski definition) is 4. The van der Waals surface area contributed by atoms with Crippen molar-refractivity contribution in [3.8, 4) is 0 Å². The lowest BCUT2D eigenvalue weighted by atomic mass is 10.2. The van der Waals surface area contributed by atoms with Crippen LogP contribution in [0.25, 0.3) is 0 Å². The fourth-order valence-electron chi connectivity index (χ4n) is 2.90. The molecule has 1 N–H and O–H groups in total. The molecule has 1 aliphatic heterocycles. The highest BCUT2D eigenvalue weighted by molar-refractivity contribution is 7.11. The number of thiazole rings is 1. The summed E-state index contributed by atoms with van der Waals surface area (Å²) in [5.41, 5.74) is 1.24. The number of aryl methyl sites for hydroxylation is 1. The van der Waals surface area contributed by atoms with E-state index in [0.717, 1.165) is 19.0 Å². The summed E-state index contributed by atoms with van der Waals surface area (Å²) >= 11 is 1.92. The summed E-state index contributed by atoms with van der Waals surface area (Å²) in [5, 5.41) is 4.93. The Kier molecular flexibility index (Phi) is 5.08. The maximum Gasteiger partial charge on any atom is 0.0944 e. The SMILES string of the molecule is Cc1nc(CCN2CCCCCC2)sc1CNC1CC1. The van der Waals surface area contributed by atoms with Gasteiger partial charge in [0.15, 0.2) is 0 Å². The van der Waals surface area contributed by atoms with E-state index in [1.54, 1.807) is 0 Å². The minimum atomic E-state index is 0.789. The Labute approximate surface area is 126 Å². The molecule has 1 aromatic rings. The van der Waals surface area contributed by atoms with Gasteiger partial charge in [-0.25, -0.2) is 4.98 Å². The number of aromatic nitrogens is 1. The fourth-order valence-corrected chi connectivity index (χ4v) is 3.91. The summed E-state index contributed by atoms with van der Waals surface area (Å²) in [5.74, 6) is 0. The normalized spacial score (nSPS) is 21.1. The minimum absolute atomic E-state index is 0.789. The monoisotopic (exact) mass is 293 g/mol. The first-order valence-electron chi connectivity index (χ1n) is 8.22. The van der Waals surface area contributed by atoms with Crippen molar-refractivity contribution >= 4 is 11.3 Å². The molecule has 0 aromatic carbocycles. The topological polar surface area (TPSA) is 28.2 Å². The molecule has 112 valence electrons. The molecule has 0 amide bonds. The molecule has 3 nitrogen and oxygen atoms in total. The van der Waals surface area contributed by atoms with Gasteiger partial charge in [0.1, 0.15) is 0 Å². The molecule has 1 aromatic heterocycles. The number of hydrogen-bond donors (Lipinski definition) is 1. The van der Waals surface area contributed by atoms with Crippen molar-refractivity contribution in [2.45, 2.75) is 64.5 Å². The Hall–Kier alpha value is -0.450. The molecule has 0 atom stereocenters. The molecule has 2 aliphatic rings. The lowest BCUT2D eigenvalue weighted by Crippen LogP contribution is -2.26. The smallest absolute Gasteiger partial charge is 0.0944 e. The van der Waals surface area contributed by atoms with E-state index in [2.05, 4.69) is 17.1 Å². The van der Waals surface area contributed by atoms with E-state index in [9.17, 15) is 0 Å². The number of rotatable bonds is 6. The standard InChI is InChI=1S/C16H27N3S/c1-13-15(12-17-14-6-7-14)20-16(18-13)8-11-19-9-4-2-3-5-10-19/h14,17H,2-12H2,1H3. The second-order valence-corrected chi connectivity index (χ2v) is 7.45. The Bertz CT molecular complexity index is 417. The summed E-state index contributed by atoms with van der Waals surface area (Å²) in [7, 11) is 0. The van der Waals surface area contributed by atoms with Crippen molar-refractivity contribution in [3.05, 3.63) is 15.6 Å². The van der Waals surface area contributed by atoms with E-state index in [1.807, 2.05) is 11.3 Å². The summed E-state index contributed by atoms with van der Waals surface area (Å²) in [4.78, 5) is 8.85. The third kappa shape index (κ3) is 4.27. The van der Waals surface area contributed by atoms with Gasteiger partial charge in [-0.2, -0.15) is 0 Å². The van der Waals surface area contributed by atoms with Crippen LogP contribution in [0.4, 0.5) is 0 Å². The van der Waals surface area contributed by atoms with E-state index >= 15 is 0 Å². The van der Waals surface area contributed by atoms with Crippen LogP contribution in [0.5, 0.6) is 0 Å². The highest BCUT2D eigenvalue weighted by Gasteiger charge is 2.21. The van der Waals surface area contributed by atoms with Crippen LogP contribution < -0.4 is 5.32 Å². The van der Waals surface area contributed by atoms with Gasteiger partial charge in [0.2, 0.25) is 0 Å². The Morgan fingerprint density at radius 3 is 2.65 bits per heavy atom. The second-order valence-electron chi connectivity index (χ2n) is 6.28. The predicted molar refractivity (Wildman–Crippen MR) is 85.3 cm³/mol. The lowest BCUT2D eigenvalue weighted by molar-refractivity contribution is 0.288. The van der Waals surface area contributed by atoms with Gasteiger partial charge in [0, 0.05) is 30.4 Å². The van der Waals surface area contributed by atoms with E-state index in [-0.39, 0.29) is 0 Å². The molecule has 2 fully saturated rings. The van der Waals surface area contributed by atoms with Crippen molar-refractivity contribution in [1.29, 1.82) is 0 Å². The number of nitrogens with one attached hydrogen (secondary N) is 1. The van der Waals surface area contributed by atoms with Crippen molar-refractivity contribution in [3.63, 3.8) is 0 Å². The molecule has 20 heavy (non-hydrogen) atoms. The van der Waals surface area contributed by atoms with E-state index in [1.165, 1.54) is 73.7 Å². The van der Waals surface area contributed by atoms with Gasteiger partial charge >= 0.3 is 0 Å². The third-order valence-electron chi connectivity index (χ3n) is 4.41. The van der Waals surface area contributed by atoms with Crippen LogP contribution in [-0.2, 0) is 13.0 Å². The van der Waals surface area contributed by atoms with Crippen LogP contribution in [0.2, 0.25) is 0 Å². The van der Waals surface area contributed by atoms with Crippen LogP contribution in [0.1, 0.15) is 54.1 Å². The Morgan fingerprint density at radius 1 is 1.20 bits per heavy atom. The summed E-state index contributed by atoms with van der Waals surface area (Å²) in [6, 6.07) is 0.789. The lowest BCUT2D eigenvalue weighted by Gasteiger charge is -2.18. The molecular weight excluding hydrogens is 266 g/mol. The largest absolute Gasteiger partial charge is 0.309 e. The molecule has 0 radical (unpaired) electrons. The summed E-state index contributed by atoms with van der Waals surface area (Å²) < 4.78 is 0. The van der Waals surface area contributed by atoms with Gasteiger partial charge in [-0.15, -0.1) is 11.3 Å². The molecule has 0 bridgehead atoms. The first-order valence-corrected chi connectivity index (χ1v) is 9.04. The zero-order chi connectivity index (χ0) is 13.8. The first kappa shape index (κ1) is 14.5. The summed E-state index contributed by atoms with van der Waals surface area (Å²) in [6.45, 7) is 6.97. The zero-order valence-electron chi connectivity index (χ0n) is 12.7. The van der Waals surface area contributed by atoms with E-state index in [0.29, 0.717) is 0 Å². The van der Waals surface area contributed by atoms with Crippen LogP contribution in [-0.4, -0.2) is 35.6 Å². The average molecular weight is 293 g/mol. The van der Waals surface area contributed by atoms with Gasteiger partial charge < -0.3 is 10.2 Å². The van der Waals surface area contributed by atoms with Crippen LogP contribution in [0.3, 0.4) is 0 Å². The van der Waals surface area contributed by atoms with Gasteiger partial charge in [0.05, 0.1) is 10.7 Å². The van der Waals surface area contributed by atoms with E-state index < -0.39 is 0 Å². The predicted octanol–water partition coefficient (Wildman–Crippen LogP) is 3.12. The number of nitrogens with zero attached hydrogens (tertiary/aromatic N) is 2. The van der Waals surface area contributed by atoms with Crippen molar-refractivity contribution < 1.29 is 0 Å². The van der Waals surface area contributed by atoms with Crippen LogP contribution >= 0.6 is 11.3 Å². The Morgan fingerprint density at radius 2 is 1.95 bits per heavy atom. The number of likely N-dealkylation sites (tertiary alicyclic amines) is 1. The molecule has 0 unspecified atom stereocenters. The molecule has 1 aliphatic carbocycles. The molecule has 1 saturated heterocycles. The van der Waals surface area contributed by atoms with Crippen molar-refractivity contribution in [1.82, 2.24) is 15.2 Å². The van der Waals surface area contributed by atoms with Crippen molar-refractivity contribution in [2.75, 3.05) is 19.6 Å². The van der Waals surface area contributed by atoms with E-state index in [4.69, 9.17) is 4.98 Å². The maximum atomic E-state index is 4.77. The van der Waals surface area contributed by atoms with Gasteiger partial charge in [-0.3, -0.25) is 0 Å². The van der Waals surface area contributed by atoms with Crippen molar-refractivity contribution in [2.24, 2.45) is 0 Å². The molecule has 0 spiro atoms. The molecule has 2 heterocycles. The first-order chi connectivity index (χ1) is 9.81. The second kappa shape index (κ2) is 7.01. The third-order valence-corrected chi connectivity index (χ3v) is 5.62.